The molecule has 6 heteroatoms. The first kappa shape index (κ1) is 14.6. The predicted molar refractivity (Wildman–Crippen MR) is 95.0 cm³/mol. The number of benzene rings is 1. The van der Waals surface area contributed by atoms with E-state index in [1.807, 2.05) is 31.2 Å². The van der Waals surface area contributed by atoms with Gasteiger partial charge < -0.3 is 20.8 Å². The molecule has 122 valence electrons. The Morgan fingerprint density at radius 3 is 2.96 bits per heavy atom. The molecule has 0 saturated carbocycles. The maximum absolute atomic E-state index is 5.93. The fraction of sp³-hybridized carbons (Fsp3) is 0.222. The van der Waals surface area contributed by atoms with Crippen molar-refractivity contribution < 1.29 is 4.74 Å². The minimum atomic E-state index is 0.397. The van der Waals surface area contributed by atoms with Gasteiger partial charge in [0.25, 0.3) is 0 Å². The predicted octanol–water partition coefficient (Wildman–Crippen LogP) is 3.22. The van der Waals surface area contributed by atoms with Gasteiger partial charge in [0, 0.05) is 29.6 Å². The molecule has 0 saturated heterocycles. The van der Waals surface area contributed by atoms with Crippen LogP contribution in [0.25, 0.3) is 22.5 Å². The molecule has 2 aromatic heterocycles. The third kappa shape index (κ3) is 2.67. The molecule has 0 amide bonds. The summed E-state index contributed by atoms with van der Waals surface area (Å²) in [5, 5.41) is 3.41. The molecule has 0 spiro atoms. The van der Waals surface area contributed by atoms with Gasteiger partial charge in [-0.05, 0) is 43.7 Å². The van der Waals surface area contributed by atoms with Crippen LogP contribution in [0.2, 0.25) is 0 Å². The van der Waals surface area contributed by atoms with Gasteiger partial charge in [-0.1, -0.05) is 0 Å². The lowest BCUT2D eigenvalue weighted by Gasteiger charge is -2.10. The molecule has 6 nitrogen and oxygen atoms in total. The zero-order valence-corrected chi connectivity index (χ0v) is 13.5. The Kier molecular flexibility index (Phi) is 3.57. The molecule has 0 aliphatic carbocycles. The minimum Gasteiger partial charge on any atom is -0.491 e. The van der Waals surface area contributed by atoms with E-state index in [-0.39, 0.29) is 0 Å². The summed E-state index contributed by atoms with van der Waals surface area (Å²) >= 11 is 0. The maximum atomic E-state index is 5.93. The van der Waals surface area contributed by atoms with E-state index >= 15 is 0 Å². The molecule has 3 heterocycles. The van der Waals surface area contributed by atoms with Gasteiger partial charge in [0.2, 0.25) is 0 Å². The Balaban J connectivity index is 1.81. The molecular formula is C18H19N5O. The number of aryl methyl sites for hydroxylation is 1. The molecule has 0 bridgehead atoms. The average molecular weight is 321 g/mol. The van der Waals surface area contributed by atoms with Gasteiger partial charge in [0.15, 0.2) is 5.95 Å². The van der Waals surface area contributed by atoms with Crippen molar-refractivity contribution in [3.8, 4) is 28.3 Å². The van der Waals surface area contributed by atoms with Crippen LogP contribution in [-0.4, -0.2) is 28.1 Å². The summed E-state index contributed by atoms with van der Waals surface area (Å²) in [5.74, 6) is 1.27. The first-order chi connectivity index (χ1) is 11.7. The van der Waals surface area contributed by atoms with Crippen molar-refractivity contribution in [1.29, 1.82) is 0 Å². The summed E-state index contributed by atoms with van der Waals surface area (Å²) < 4.78 is 5.75. The number of nitrogens with two attached hydrogens (primary N) is 1. The SMILES string of the molecule is Cc1cc(-c2[nH]c(N)nc2-c2ccc3c(c2)NCCCO3)ccn1. The summed E-state index contributed by atoms with van der Waals surface area (Å²) in [6.45, 7) is 3.60. The first-order valence-electron chi connectivity index (χ1n) is 8.00. The second kappa shape index (κ2) is 5.88. The number of ether oxygens (including phenoxy) is 1. The molecule has 3 aromatic rings. The number of aromatic amines is 1. The van der Waals surface area contributed by atoms with E-state index < -0.39 is 0 Å². The van der Waals surface area contributed by atoms with Crippen molar-refractivity contribution in [1.82, 2.24) is 15.0 Å². The molecule has 0 unspecified atom stereocenters. The number of nitrogens with zero attached hydrogens (tertiary/aromatic N) is 2. The first-order valence-corrected chi connectivity index (χ1v) is 8.00. The van der Waals surface area contributed by atoms with E-state index in [9.17, 15) is 0 Å². The lowest BCUT2D eigenvalue weighted by atomic mass is 10.0. The van der Waals surface area contributed by atoms with Crippen LogP contribution in [0.15, 0.2) is 36.5 Å². The summed E-state index contributed by atoms with van der Waals surface area (Å²) in [6.07, 6.45) is 2.78. The lowest BCUT2D eigenvalue weighted by Crippen LogP contribution is -2.00. The maximum Gasteiger partial charge on any atom is 0.198 e. The van der Waals surface area contributed by atoms with Crippen LogP contribution >= 0.6 is 0 Å². The number of fused-ring (bicyclic) bond motifs is 1. The Bertz CT molecular complexity index is 887. The zero-order chi connectivity index (χ0) is 16.5. The number of hydrogen-bond donors (Lipinski definition) is 3. The van der Waals surface area contributed by atoms with Crippen LogP contribution in [0.4, 0.5) is 11.6 Å². The van der Waals surface area contributed by atoms with Crippen LogP contribution in [0.5, 0.6) is 5.75 Å². The van der Waals surface area contributed by atoms with E-state index in [2.05, 4.69) is 26.3 Å². The number of pyridine rings is 1. The van der Waals surface area contributed by atoms with Crippen molar-refractivity contribution in [2.24, 2.45) is 0 Å². The monoisotopic (exact) mass is 321 g/mol. The van der Waals surface area contributed by atoms with Crippen molar-refractivity contribution >= 4 is 11.6 Å². The van der Waals surface area contributed by atoms with Gasteiger partial charge in [-0.2, -0.15) is 0 Å². The quantitative estimate of drug-likeness (QED) is 0.674. The Labute approximate surface area is 140 Å². The van der Waals surface area contributed by atoms with Gasteiger partial charge in [-0.25, -0.2) is 4.98 Å². The highest BCUT2D eigenvalue weighted by atomic mass is 16.5. The Hall–Kier alpha value is -3.02. The van der Waals surface area contributed by atoms with Crippen LogP contribution < -0.4 is 15.8 Å². The molecule has 4 rings (SSSR count). The van der Waals surface area contributed by atoms with Crippen molar-refractivity contribution in [3.05, 3.63) is 42.2 Å². The molecule has 0 fully saturated rings. The second-order valence-electron chi connectivity index (χ2n) is 5.87. The van der Waals surface area contributed by atoms with Crippen LogP contribution in [0.3, 0.4) is 0 Å². The smallest absolute Gasteiger partial charge is 0.198 e. The van der Waals surface area contributed by atoms with Crippen molar-refractivity contribution in [3.63, 3.8) is 0 Å². The summed E-state index contributed by atoms with van der Waals surface area (Å²) in [4.78, 5) is 11.9. The standard InChI is InChI=1S/C18H19N5O/c1-11-9-13(5-7-20-11)17-16(22-18(19)23-17)12-3-4-15-14(10-12)21-6-2-8-24-15/h3-5,7,9-10,21H,2,6,8H2,1H3,(H3,19,22,23). The van der Waals surface area contributed by atoms with E-state index in [0.717, 1.165) is 59.2 Å². The molecule has 0 radical (unpaired) electrons. The fourth-order valence-electron chi connectivity index (χ4n) is 2.93. The number of hydrogen-bond acceptors (Lipinski definition) is 5. The molecular weight excluding hydrogens is 302 g/mol. The number of aromatic nitrogens is 3. The minimum absolute atomic E-state index is 0.397. The third-order valence-corrected chi connectivity index (χ3v) is 4.05. The van der Waals surface area contributed by atoms with Crippen LogP contribution in [0.1, 0.15) is 12.1 Å². The molecule has 1 aromatic carbocycles. The number of rotatable bonds is 2. The van der Waals surface area contributed by atoms with Crippen LogP contribution in [0, 0.1) is 6.92 Å². The molecule has 24 heavy (non-hydrogen) atoms. The molecule has 1 aliphatic rings. The number of nitrogens with one attached hydrogen (secondary N) is 2. The number of anilines is 2. The second-order valence-corrected chi connectivity index (χ2v) is 5.87. The molecule has 4 N–H and O–H groups in total. The Morgan fingerprint density at radius 2 is 2.08 bits per heavy atom. The van der Waals surface area contributed by atoms with Gasteiger partial charge in [-0.3, -0.25) is 4.98 Å². The summed E-state index contributed by atoms with van der Waals surface area (Å²) in [6, 6.07) is 10.0. The van der Waals surface area contributed by atoms with Gasteiger partial charge in [-0.15, -0.1) is 0 Å². The Morgan fingerprint density at radius 1 is 1.17 bits per heavy atom. The van der Waals surface area contributed by atoms with E-state index in [1.54, 1.807) is 6.20 Å². The lowest BCUT2D eigenvalue weighted by molar-refractivity contribution is 0.323. The number of imidazole rings is 1. The van der Waals surface area contributed by atoms with Crippen molar-refractivity contribution in [2.75, 3.05) is 24.2 Å². The number of nitrogen functional groups attached to an aromatic ring is 1. The van der Waals surface area contributed by atoms with E-state index in [1.165, 1.54) is 0 Å². The van der Waals surface area contributed by atoms with Crippen molar-refractivity contribution in [2.45, 2.75) is 13.3 Å². The zero-order valence-electron chi connectivity index (χ0n) is 13.5. The fourth-order valence-corrected chi connectivity index (χ4v) is 2.93. The van der Waals surface area contributed by atoms with Gasteiger partial charge in [0.1, 0.15) is 5.75 Å². The highest BCUT2D eigenvalue weighted by Gasteiger charge is 2.16. The molecule has 0 atom stereocenters. The normalized spacial score (nSPS) is 13.5. The van der Waals surface area contributed by atoms with E-state index in [0.29, 0.717) is 5.95 Å². The summed E-state index contributed by atoms with van der Waals surface area (Å²) in [7, 11) is 0. The highest BCUT2D eigenvalue weighted by molar-refractivity contribution is 5.82. The molecule has 1 aliphatic heterocycles. The van der Waals surface area contributed by atoms with E-state index in [4.69, 9.17) is 10.5 Å². The third-order valence-electron chi connectivity index (χ3n) is 4.05. The van der Waals surface area contributed by atoms with Crippen LogP contribution in [-0.2, 0) is 0 Å². The number of H-pyrrole nitrogens is 1. The summed E-state index contributed by atoms with van der Waals surface area (Å²) in [5.41, 5.74) is 11.6. The topological polar surface area (TPSA) is 88.9 Å². The van der Waals surface area contributed by atoms with Gasteiger partial charge >= 0.3 is 0 Å². The van der Waals surface area contributed by atoms with Gasteiger partial charge in [0.05, 0.1) is 23.7 Å². The highest BCUT2D eigenvalue weighted by Crippen LogP contribution is 2.36. The average Bonchev–Trinajstić information content (AvgIpc) is 2.82. The largest absolute Gasteiger partial charge is 0.491 e.